The highest BCUT2D eigenvalue weighted by Crippen LogP contribution is 2.30. The van der Waals surface area contributed by atoms with Crippen molar-refractivity contribution in [1.82, 2.24) is 10.6 Å². The first-order chi connectivity index (χ1) is 11.2. The Morgan fingerprint density at radius 3 is 2.87 bits per heavy atom. The second kappa shape index (κ2) is 7.09. The standard InChI is InChI=1S/C17H20N2O4/c1-12(9-13-5-4-8-21-13)19-17(20)18-10-14-11-22-15-6-2-3-7-16(15)23-14/h2-8,12,14H,9-11H2,1H3,(H2,18,19,20)/t12-,14-/m0/s1. The average Bonchev–Trinajstić information content (AvgIpc) is 3.05. The molecule has 1 aromatic heterocycles. The van der Waals surface area contributed by atoms with Gasteiger partial charge in [0.05, 0.1) is 12.8 Å². The molecule has 0 bridgehead atoms. The first kappa shape index (κ1) is 15.3. The molecule has 2 heterocycles. The van der Waals surface area contributed by atoms with Crippen LogP contribution in [0.15, 0.2) is 47.1 Å². The third kappa shape index (κ3) is 4.18. The van der Waals surface area contributed by atoms with Crippen molar-refractivity contribution in [3.8, 4) is 11.5 Å². The maximum absolute atomic E-state index is 11.9. The monoisotopic (exact) mass is 316 g/mol. The summed E-state index contributed by atoms with van der Waals surface area (Å²) >= 11 is 0. The summed E-state index contributed by atoms with van der Waals surface area (Å²) < 4.78 is 16.7. The van der Waals surface area contributed by atoms with E-state index in [1.807, 2.05) is 43.3 Å². The van der Waals surface area contributed by atoms with Crippen molar-refractivity contribution in [2.45, 2.75) is 25.5 Å². The molecule has 23 heavy (non-hydrogen) atoms. The smallest absolute Gasteiger partial charge is 0.315 e. The van der Waals surface area contributed by atoms with Crippen LogP contribution in [0.4, 0.5) is 4.79 Å². The summed E-state index contributed by atoms with van der Waals surface area (Å²) in [6.07, 6.45) is 2.08. The number of para-hydroxylation sites is 2. The van der Waals surface area contributed by atoms with Crippen molar-refractivity contribution in [3.05, 3.63) is 48.4 Å². The predicted molar refractivity (Wildman–Crippen MR) is 84.8 cm³/mol. The Kier molecular flexibility index (Phi) is 4.71. The van der Waals surface area contributed by atoms with Gasteiger partial charge in [0, 0.05) is 12.5 Å². The van der Waals surface area contributed by atoms with E-state index >= 15 is 0 Å². The van der Waals surface area contributed by atoms with Crippen LogP contribution in [0.1, 0.15) is 12.7 Å². The van der Waals surface area contributed by atoms with E-state index < -0.39 is 0 Å². The van der Waals surface area contributed by atoms with Crippen molar-refractivity contribution < 1.29 is 18.7 Å². The largest absolute Gasteiger partial charge is 0.486 e. The Bertz CT molecular complexity index is 642. The summed E-state index contributed by atoms with van der Waals surface area (Å²) in [4.78, 5) is 11.9. The van der Waals surface area contributed by atoms with Crippen LogP contribution in [0.3, 0.4) is 0 Å². The average molecular weight is 316 g/mol. The molecule has 2 aromatic rings. The predicted octanol–water partition coefficient (Wildman–Crippen LogP) is 2.35. The van der Waals surface area contributed by atoms with E-state index in [0.29, 0.717) is 25.3 Å². The molecular formula is C17H20N2O4. The van der Waals surface area contributed by atoms with Gasteiger partial charge in [0.2, 0.25) is 0 Å². The minimum absolute atomic E-state index is 0.0228. The molecule has 0 spiro atoms. The lowest BCUT2D eigenvalue weighted by Gasteiger charge is -2.26. The Balaban J connectivity index is 1.41. The van der Waals surface area contributed by atoms with Crippen molar-refractivity contribution in [1.29, 1.82) is 0 Å². The molecule has 1 aliphatic rings. The lowest BCUT2D eigenvalue weighted by Crippen LogP contribution is -2.47. The molecule has 0 saturated carbocycles. The maximum Gasteiger partial charge on any atom is 0.315 e. The van der Waals surface area contributed by atoms with Gasteiger partial charge >= 0.3 is 6.03 Å². The van der Waals surface area contributed by atoms with Gasteiger partial charge in [-0.1, -0.05) is 12.1 Å². The minimum atomic E-state index is -0.230. The van der Waals surface area contributed by atoms with E-state index in [9.17, 15) is 4.79 Å². The van der Waals surface area contributed by atoms with E-state index in [1.54, 1.807) is 6.26 Å². The number of ether oxygens (including phenoxy) is 2. The Morgan fingerprint density at radius 1 is 1.26 bits per heavy atom. The lowest BCUT2D eigenvalue weighted by molar-refractivity contribution is 0.0917. The van der Waals surface area contributed by atoms with Crippen LogP contribution in [0, 0.1) is 0 Å². The van der Waals surface area contributed by atoms with Gasteiger partial charge in [0.15, 0.2) is 17.6 Å². The second-order valence-corrected chi connectivity index (χ2v) is 5.54. The van der Waals surface area contributed by atoms with E-state index in [-0.39, 0.29) is 18.2 Å². The molecule has 0 aliphatic carbocycles. The Labute approximate surface area is 134 Å². The van der Waals surface area contributed by atoms with E-state index in [0.717, 1.165) is 11.5 Å². The molecule has 1 aromatic carbocycles. The van der Waals surface area contributed by atoms with Gasteiger partial charge in [0.25, 0.3) is 0 Å². The van der Waals surface area contributed by atoms with E-state index in [1.165, 1.54) is 0 Å². The topological polar surface area (TPSA) is 72.7 Å². The molecular weight excluding hydrogens is 296 g/mol. The van der Waals surface area contributed by atoms with Crippen LogP contribution in [-0.2, 0) is 6.42 Å². The van der Waals surface area contributed by atoms with Gasteiger partial charge in [0.1, 0.15) is 12.4 Å². The second-order valence-electron chi connectivity index (χ2n) is 5.54. The van der Waals surface area contributed by atoms with Gasteiger partial charge in [-0.15, -0.1) is 0 Å². The normalized spacial score (nSPS) is 17.3. The third-order valence-corrected chi connectivity index (χ3v) is 3.52. The molecule has 0 saturated heterocycles. The highest BCUT2D eigenvalue weighted by molar-refractivity contribution is 5.74. The fourth-order valence-corrected chi connectivity index (χ4v) is 2.43. The molecule has 6 heteroatoms. The zero-order chi connectivity index (χ0) is 16.1. The summed E-state index contributed by atoms with van der Waals surface area (Å²) in [5.74, 6) is 2.29. The molecule has 6 nitrogen and oxygen atoms in total. The molecule has 2 amide bonds. The highest BCUT2D eigenvalue weighted by atomic mass is 16.6. The molecule has 0 unspecified atom stereocenters. The Hall–Kier alpha value is -2.63. The minimum Gasteiger partial charge on any atom is -0.486 e. The zero-order valence-corrected chi connectivity index (χ0v) is 13.0. The lowest BCUT2D eigenvalue weighted by atomic mass is 10.2. The van der Waals surface area contributed by atoms with Crippen LogP contribution in [0.5, 0.6) is 11.5 Å². The number of urea groups is 1. The van der Waals surface area contributed by atoms with E-state index in [4.69, 9.17) is 13.9 Å². The van der Waals surface area contributed by atoms with Crippen LogP contribution in [0.25, 0.3) is 0 Å². The van der Waals surface area contributed by atoms with E-state index in [2.05, 4.69) is 10.6 Å². The number of nitrogens with one attached hydrogen (secondary N) is 2. The highest BCUT2D eigenvalue weighted by Gasteiger charge is 2.21. The van der Waals surface area contributed by atoms with Gasteiger partial charge in [-0.3, -0.25) is 0 Å². The van der Waals surface area contributed by atoms with Gasteiger partial charge in [-0.25, -0.2) is 4.79 Å². The summed E-state index contributed by atoms with van der Waals surface area (Å²) in [6, 6.07) is 11.0. The van der Waals surface area contributed by atoms with Crippen LogP contribution in [0.2, 0.25) is 0 Å². The maximum atomic E-state index is 11.9. The summed E-state index contributed by atoms with van der Waals surface area (Å²) in [5.41, 5.74) is 0. The molecule has 3 rings (SSSR count). The van der Waals surface area contributed by atoms with Crippen LogP contribution in [-0.4, -0.2) is 31.3 Å². The van der Waals surface area contributed by atoms with Gasteiger partial charge in [-0.2, -0.15) is 0 Å². The fraction of sp³-hybridized carbons (Fsp3) is 0.353. The van der Waals surface area contributed by atoms with Crippen LogP contribution >= 0.6 is 0 Å². The fourth-order valence-electron chi connectivity index (χ4n) is 2.43. The Morgan fingerprint density at radius 2 is 2.09 bits per heavy atom. The number of carbonyl (C=O) groups excluding carboxylic acids is 1. The summed E-state index contributed by atoms with van der Waals surface area (Å²) in [6.45, 7) is 2.73. The number of fused-ring (bicyclic) bond motifs is 1. The van der Waals surface area contributed by atoms with Gasteiger partial charge in [-0.05, 0) is 31.2 Å². The molecule has 122 valence electrons. The van der Waals surface area contributed by atoms with Crippen molar-refractivity contribution in [2.24, 2.45) is 0 Å². The van der Waals surface area contributed by atoms with Gasteiger partial charge < -0.3 is 24.5 Å². The number of benzene rings is 1. The number of rotatable bonds is 5. The summed E-state index contributed by atoms with van der Waals surface area (Å²) in [7, 11) is 0. The number of hydrogen-bond acceptors (Lipinski definition) is 4. The number of amides is 2. The SMILES string of the molecule is C[C@@H](Cc1ccco1)NC(=O)NC[C@H]1COc2ccccc2O1. The van der Waals surface area contributed by atoms with Crippen molar-refractivity contribution >= 4 is 6.03 Å². The molecule has 0 fully saturated rings. The first-order valence-corrected chi connectivity index (χ1v) is 7.66. The zero-order valence-electron chi connectivity index (χ0n) is 13.0. The third-order valence-electron chi connectivity index (χ3n) is 3.52. The van der Waals surface area contributed by atoms with Crippen molar-refractivity contribution in [2.75, 3.05) is 13.2 Å². The number of carbonyl (C=O) groups is 1. The number of hydrogen-bond donors (Lipinski definition) is 2. The molecule has 2 atom stereocenters. The number of furan rings is 1. The quantitative estimate of drug-likeness (QED) is 0.888. The summed E-state index contributed by atoms with van der Waals surface area (Å²) in [5, 5.41) is 5.68. The first-order valence-electron chi connectivity index (χ1n) is 7.66. The van der Waals surface area contributed by atoms with Crippen molar-refractivity contribution in [3.63, 3.8) is 0 Å². The van der Waals surface area contributed by atoms with Crippen LogP contribution < -0.4 is 20.1 Å². The molecule has 2 N–H and O–H groups in total. The molecule has 1 aliphatic heterocycles. The molecule has 0 radical (unpaired) electrons.